The Morgan fingerprint density at radius 2 is 2.15 bits per heavy atom. The molecule has 20 heavy (non-hydrogen) atoms. The lowest BCUT2D eigenvalue weighted by atomic mass is 9.94. The molecule has 1 atom stereocenters. The minimum Gasteiger partial charge on any atom is -0.332 e. The number of hydrogen-bond acceptors (Lipinski definition) is 2. The molecule has 0 N–H and O–H groups in total. The van der Waals surface area contributed by atoms with Crippen LogP contribution in [0.25, 0.3) is 5.57 Å². The van der Waals surface area contributed by atoms with E-state index in [4.69, 9.17) is 16.9 Å². The summed E-state index contributed by atoms with van der Waals surface area (Å²) < 4.78 is 0. The largest absolute Gasteiger partial charge is 0.332 e. The van der Waals surface area contributed by atoms with Gasteiger partial charge in [-0.05, 0) is 49.5 Å². The zero-order valence-corrected chi connectivity index (χ0v) is 12.3. The van der Waals surface area contributed by atoms with E-state index in [1.807, 2.05) is 24.8 Å². The first-order valence-corrected chi connectivity index (χ1v) is 7.15. The van der Waals surface area contributed by atoms with E-state index in [1.54, 1.807) is 6.07 Å². The third-order valence-corrected chi connectivity index (χ3v) is 4.88. The van der Waals surface area contributed by atoms with Crippen LogP contribution in [0.3, 0.4) is 0 Å². The van der Waals surface area contributed by atoms with Crippen molar-refractivity contribution in [3.8, 4) is 6.07 Å². The van der Waals surface area contributed by atoms with Gasteiger partial charge in [-0.25, -0.2) is 0 Å². The number of nitrogens with zero attached hydrogens (tertiary/aromatic N) is 2. The molecule has 3 nitrogen and oxygen atoms in total. The van der Waals surface area contributed by atoms with Gasteiger partial charge in [-0.15, -0.1) is 0 Å². The van der Waals surface area contributed by atoms with Crippen molar-refractivity contribution >= 4 is 23.1 Å². The van der Waals surface area contributed by atoms with Gasteiger partial charge in [0, 0.05) is 12.1 Å². The van der Waals surface area contributed by atoms with Crippen LogP contribution in [0.1, 0.15) is 36.5 Å². The van der Waals surface area contributed by atoms with Crippen LogP contribution in [0, 0.1) is 18.3 Å². The lowest BCUT2D eigenvalue weighted by Gasteiger charge is -2.16. The molecule has 0 saturated carbocycles. The van der Waals surface area contributed by atoms with E-state index >= 15 is 0 Å². The second kappa shape index (κ2) is 4.64. The Morgan fingerprint density at radius 3 is 2.80 bits per heavy atom. The lowest BCUT2D eigenvalue weighted by Crippen LogP contribution is -2.29. The van der Waals surface area contributed by atoms with Gasteiger partial charge in [0.1, 0.15) is 6.07 Å². The van der Waals surface area contributed by atoms with Gasteiger partial charge in [0.05, 0.1) is 16.6 Å². The van der Waals surface area contributed by atoms with Gasteiger partial charge < -0.3 is 4.90 Å². The maximum absolute atomic E-state index is 12.6. The second-order valence-corrected chi connectivity index (χ2v) is 5.80. The number of hydrogen-bond donors (Lipinski definition) is 0. The quantitative estimate of drug-likeness (QED) is 0.795. The molecule has 2 aliphatic rings. The van der Waals surface area contributed by atoms with Crippen molar-refractivity contribution in [1.82, 2.24) is 4.90 Å². The van der Waals surface area contributed by atoms with E-state index in [0.717, 1.165) is 41.7 Å². The Kier molecular flexibility index (Phi) is 3.07. The fourth-order valence-corrected chi connectivity index (χ4v) is 3.52. The Morgan fingerprint density at radius 1 is 1.40 bits per heavy atom. The number of nitriles is 1. The Labute approximate surface area is 123 Å². The van der Waals surface area contributed by atoms with Crippen molar-refractivity contribution in [3.63, 3.8) is 0 Å². The van der Waals surface area contributed by atoms with Crippen LogP contribution < -0.4 is 0 Å². The highest BCUT2D eigenvalue weighted by Gasteiger charge is 2.40. The Hall–Kier alpha value is -1.79. The molecule has 1 saturated heterocycles. The summed E-state index contributed by atoms with van der Waals surface area (Å²) in [7, 11) is 0. The summed E-state index contributed by atoms with van der Waals surface area (Å²) in [5, 5.41) is 9.46. The molecule has 102 valence electrons. The molecule has 0 bridgehead atoms. The predicted molar refractivity (Wildman–Crippen MR) is 78.2 cm³/mol. The third kappa shape index (κ3) is 1.68. The molecule has 0 radical (unpaired) electrons. The molecule has 2 heterocycles. The number of halogens is 1. The first-order valence-electron chi connectivity index (χ1n) is 6.77. The SMILES string of the molecule is CC1=C(c2ccc(C#N)c(Cl)c2C)C(=O)N2CCCC12. The van der Waals surface area contributed by atoms with Crippen LogP contribution >= 0.6 is 11.6 Å². The van der Waals surface area contributed by atoms with Crippen molar-refractivity contribution in [2.75, 3.05) is 6.54 Å². The van der Waals surface area contributed by atoms with E-state index in [9.17, 15) is 4.79 Å². The second-order valence-electron chi connectivity index (χ2n) is 5.43. The topological polar surface area (TPSA) is 44.1 Å². The summed E-state index contributed by atoms with van der Waals surface area (Å²) in [4.78, 5) is 14.5. The summed E-state index contributed by atoms with van der Waals surface area (Å²) in [5.74, 6) is 0.105. The smallest absolute Gasteiger partial charge is 0.254 e. The number of carbonyl (C=O) groups excluding carboxylic acids is 1. The third-order valence-electron chi connectivity index (χ3n) is 4.40. The van der Waals surface area contributed by atoms with Gasteiger partial charge in [0.15, 0.2) is 0 Å². The molecular weight excluding hydrogens is 272 g/mol. The van der Waals surface area contributed by atoms with Crippen molar-refractivity contribution in [3.05, 3.63) is 39.4 Å². The van der Waals surface area contributed by atoms with Crippen molar-refractivity contribution in [1.29, 1.82) is 5.26 Å². The maximum Gasteiger partial charge on any atom is 0.254 e. The molecule has 1 aromatic rings. The van der Waals surface area contributed by atoms with Gasteiger partial charge >= 0.3 is 0 Å². The first kappa shape index (κ1) is 13.2. The van der Waals surface area contributed by atoms with Crippen molar-refractivity contribution < 1.29 is 4.79 Å². The summed E-state index contributed by atoms with van der Waals surface area (Å²) in [5.41, 5.74) is 4.05. The molecule has 0 spiro atoms. The van der Waals surface area contributed by atoms with Crippen LogP contribution in [-0.2, 0) is 4.79 Å². The zero-order chi connectivity index (χ0) is 14.4. The molecule has 2 aliphatic heterocycles. The molecule has 1 aromatic carbocycles. The van der Waals surface area contributed by atoms with E-state index in [-0.39, 0.29) is 11.9 Å². The van der Waals surface area contributed by atoms with E-state index in [0.29, 0.717) is 10.6 Å². The monoisotopic (exact) mass is 286 g/mol. The maximum atomic E-state index is 12.6. The average molecular weight is 287 g/mol. The molecule has 1 amide bonds. The molecule has 0 aromatic heterocycles. The van der Waals surface area contributed by atoms with Crippen LogP contribution in [0.2, 0.25) is 5.02 Å². The van der Waals surface area contributed by atoms with Gasteiger partial charge in [0.2, 0.25) is 0 Å². The predicted octanol–water partition coefficient (Wildman–Crippen LogP) is 3.30. The summed E-state index contributed by atoms with van der Waals surface area (Å²) in [6.07, 6.45) is 2.12. The van der Waals surface area contributed by atoms with Gasteiger partial charge in [0.25, 0.3) is 5.91 Å². The normalized spacial score (nSPS) is 21.4. The fourth-order valence-electron chi connectivity index (χ4n) is 3.31. The number of fused-ring (bicyclic) bond motifs is 1. The van der Waals surface area contributed by atoms with Crippen LogP contribution in [0.5, 0.6) is 0 Å². The Balaban J connectivity index is 2.15. The minimum atomic E-state index is 0.105. The molecule has 4 heteroatoms. The zero-order valence-electron chi connectivity index (χ0n) is 11.5. The van der Waals surface area contributed by atoms with E-state index in [2.05, 4.69) is 6.07 Å². The van der Waals surface area contributed by atoms with Gasteiger partial charge in [-0.2, -0.15) is 5.26 Å². The highest BCUT2D eigenvalue weighted by Crippen LogP contribution is 2.40. The molecule has 1 fully saturated rings. The standard InChI is InChI=1S/C16H15ClN2O/c1-9-12(6-5-11(8-18)15(9)17)14-10(2)13-4-3-7-19(13)16(14)20/h5-6,13H,3-4,7H2,1-2H3. The highest BCUT2D eigenvalue weighted by molar-refractivity contribution is 6.33. The van der Waals surface area contributed by atoms with Crippen molar-refractivity contribution in [2.24, 2.45) is 0 Å². The Bertz CT molecular complexity index is 684. The highest BCUT2D eigenvalue weighted by atomic mass is 35.5. The van der Waals surface area contributed by atoms with E-state index < -0.39 is 0 Å². The molecule has 3 rings (SSSR count). The number of benzene rings is 1. The molecule has 0 aliphatic carbocycles. The fraction of sp³-hybridized carbons (Fsp3) is 0.375. The number of rotatable bonds is 1. The average Bonchev–Trinajstić information content (AvgIpc) is 3.00. The number of carbonyl (C=O) groups is 1. The summed E-state index contributed by atoms with van der Waals surface area (Å²) >= 11 is 6.22. The van der Waals surface area contributed by atoms with Gasteiger partial charge in [-0.1, -0.05) is 17.7 Å². The van der Waals surface area contributed by atoms with Crippen molar-refractivity contribution in [2.45, 2.75) is 32.7 Å². The van der Waals surface area contributed by atoms with Gasteiger partial charge in [-0.3, -0.25) is 4.79 Å². The number of amides is 1. The summed E-state index contributed by atoms with van der Waals surface area (Å²) in [6.45, 7) is 4.75. The van der Waals surface area contributed by atoms with E-state index in [1.165, 1.54) is 0 Å². The summed E-state index contributed by atoms with van der Waals surface area (Å²) in [6, 6.07) is 5.87. The molecular formula is C16H15ClN2O. The van der Waals surface area contributed by atoms with Crippen LogP contribution in [-0.4, -0.2) is 23.4 Å². The lowest BCUT2D eigenvalue weighted by molar-refractivity contribution is -0.124. The van der Waals surface area contributed by atoms with Crippen LogP contribution in [0.4, 0.5) is 0 Å². The minimum absolute atomic E-state index is 0.105. The first-order chi connectivity index (χ1) is 9.56. The van der Waals surface area contributed by atoms with Crippen LogP contribution in [0.15, 0.2) is 17.7 Å². The molecule has 1 unspecified atom stereocenters.